The SMILES string of the molecule is C=CCOc1cccc(-c2nn3c(CN4CCOCC4)nnc3s2)c1. The first kappa shape index (κ1) is 16.2. The van der Waals surface area contributed by atoms with Crippen LogP contribution in [0.25, 0.3) is 15.5 Å². The number of ether oxygens (including phenoxy) is 2. The van der Waals surface area contributed by atoms with Gasteiger partial charge in [-0.3, -0.25) is 4.90 Å². The molecule has 1 saturated heterocycles. The van der Waals surface area contributed by atoms with Crippen molar-refractivity contribution in [2.45, 2.75) is 6.54 Å². The molecule has 1 aliphatic heterocycles. The van der Waals surface area contributed by atoms with E-state index in [1.807, 2.05) is 28.8 Å². The van der Waals surface area contributed by atoms with E-state index in [4.69, 9.17) is 14.6 Å². The van der Waals surface area contributed by atoms with E-state index < -0.39 is 0 Å². The lowest BCUT2D eigenvalue weighted by atomic mass is 10.2. The predicted molar refractivity (Wildman–Crippen MR) is 95.9 cm³/mol. The van der Waals surface area contributed by atoms with E-state index in [0.717, 1.165) is 60.0 Å². The van der Waals surface area contributed by atoms with Crippen LogP contribution in [0.5, 0.6) is 5.75 Å². The van der Waals surface area contributed by atoms with Crippen molar-refractivity contribution in [2.75, 3.05) is 32.9 Å². The number of benzene rings is 1. The summed E-state index contributed by atoms with van der Waals surface area (Å²) < 4.78 is 12.8. The molecule has 1 aliphatic rings. The van der Waals surface area contributed by atoms with Gasteiger partial charge in [-0.15, -0.1) is 10.2 Å². The highest BCUT2D eigenvalue weighted by atomic mass is 32.1. The summed E-state index contributed by atoms with van der Waals surface area (Å²) in [7, 11) is 0. The molecular formula is C17H19N5O2S. The predicted octanol–water partition coefficient (Wildman–Crippen LogP) is 2.25. The van der Waals surface area contributed by atoms with Crippen LogP contribution >= 0.6 is 11.3 Å². The van der Waals surface area contributed by atoms with Gasteiger partial charge in [-0.25, -0.2) is 0 Å². The van der Waals surface area contributed by atoms with E-state index >= 15 is 0 Å². The van der Waals surface area contributed by atoms with Crippen LogP contribution in [0.2, 0.25) is 0 Å². The zero-order valence-electron chi connectivity index (χ0n) is 13.8. The summed E-state index contributed by atoms with van der Waals surface area (Å²) >= 11 is 1.53. The molecule has 0 saturated carbocycles. The van der Waals surface area contributed by atoms with E-state index in [1.165, 1.54) is 11.3 Å². The Bertz CT molecular complexity index is 869. The Labute approximate surface area is 149 Å². The molecule has 3 aromatic rings. The van der Waals surface area contributed by atoms with E-state index in [2.05, 4.69) is 21.7 Å². The molecule has 4 rings (SSSR count). The van der Waals surface area contributed by atoms with E-state index in [-0.39, 0.29) is 0 Å². The van der Waals surface area contributed by atoms with Crippen LogP contribution in [-0.2, 0) is 11.3 Å². The smallest absolute Gasteiger partial charge is 0.235 e. The molecule has 0 radical (unpaired) electrons. The van der Waals surface area contributed by atoms with Crippen LogP contribution in [0.15, 0.2) is 36.9 Å². The van der Waals surface area contributed by atoms with Gasteiger partial charge in [0.1, 0.15) is 17.4 Å². The molecule has 0 bridgehead atoms. The van der Waals surface area contributed by atoms with Gasteiger partial charge in [0, 0.05) is 18.7 Å². The fourth-order valence-electron chi connectivity index (χ4n) is 2.71. The van der Waals surface area contributed by atoms with Crippen LogP contribution < -0.4 is 4.74 Å². The summed E-state index contributed by atoms with van der Waals surface area (Å²) in [6, 6.07) is 7.90. The third kappa shape index (κ3) is 3.55. The Hall–Kier alpha value is -2.29. The third-order valence-corrected chi connectivity index (χ3v) is 4.92. The number of hydrogen-bond acceptors (Lipinski definition) is 7. The van der Waals surface area contributed by atoms with Gasteiger partial charge in [-0.1, -0.05) is 36.1 Å². The van der Waals surface area contributed by atoms with Gasteiger partial charge in [-0.05, 0) is 12.1 Å². The van der Waals surface area contributed by atoms with Gasteiger partial charge in [0.15, 0.2) is 5.82 Å². The van der Waals surface area contributed by atoms with Crippen molar-refractivity contribution in [1.82, 2.24) is 24.7 Å². The topological polar surface area (TPSA) is 64.8 Å². The van der Waals surface area contributed by atoms with Crippen LogP contribution in [0, 0.1) is 0 Å². The monoisotopic (exact) mass is 357 g/mol. The van der Waals surface area contributed by atoms with Crippen molar-refractivity contribution >= 4 is 16.3 Å². The number of nitrogens with zero attached hydrogens (tertiary/aromatic N) is 5. The lowest BCUT2D eigenvalue weighted by Gasteiger charge is -2.25. The first-order valence-corrected chi connectivity index (χ1v) is 9.00. The maximum absolute atomic E-state index is 5.60. The number of aromatic nitrogens is 4. The number of fused-ring (bicyclic) bond motifs is 1. The molecule has 3 heterocycles. The van der Waals surface area contributed by atoms with E-state index in [1.54, 1.807) is 6.08 Å². The molecule has 0 spiro atoms. The average molecular weight is 357 g/mol. The summed E-state index contributed by atoms with van der Waals surface area (Å²) in [6.45, 7) is 8.24. The summed E-state index contributed by atoms with van der Waals surface area (Å²) in [6.07, 6.45) is 1.73. The number of morpholine rings is 1. The molecule has 0 unspecified atom stereocenters. The summed E-state index contributed by atoms with van der Waals surface area (Å²) in [5, 5.41) is 14.2. The number of rotatable bonds is 6. The average Bonchev–Trinajstić information content (AvgIpc) is 3.23. The molecule has 0 amide bonds. The van der Waals surface area contributed by atoms with Crippen molar-refractivity contribution in [3.8, 4) is 16.3 Å². The lowest BCUT2D eigenvalue weighted by molar-refractivity contribution is 0.0328. The van der Waals surface area contributed by atoms with Crippen molar-refractivity contribution in [3.63, 3.8) is 0 Å². The minimum atomic E-state index is 0.484. The Morgan fingerprint density at radius 3 is 3.00 bits per heavy atom. The first-order valence-electron chi connectivity index (χ1n) is 8.19. The largest absolute Gasteiger partial charge is 0.490 e. The van der Waals surface area contributed by atoms with Crippen molar-refractivity contribution in [1.29, 1.82) is 0 Å². The second-order valence-corrected chi connectivity index (χ2v) is 6.69. The number of hydrogen-bond donors (Lipinski definition) is 0. The highest BCUT2D eigenvalue weighted by molar-refractivity contribution is 7.19. The maximum atomic E-state index is 5.60. The van der Waals surface area contributed by atoms with Crippen LogP contribution in [0.4, 0.5) is 0 Å². The zero-order chi connectivity index (χ0) is 17.1. The van der Waals surface area contributed by atoms with Crippen LogP contribution in [0.1, 0.15) is 5.82 Å². The molecule has 1 aromatic carbocycles. The lowest BCUT2D eigenvalue weighted by Crippen LogP contribution is -2.36. The quantitative estimate of drug-likeness (QED) is 0.631. The molecule has 0 N–H and O–H groups in total. The fraction of sp³-hybridized carbons (Fsp3) is 0.353. The molecule has 130 valence electrons. The molecule has 0 aliphatic carbocycles. The summed E-state index contributed by atoms with van der Waals surface area (Å²) in [4.78, 5) is 3.11. The standard InChI is InChI=1S/C17H19N5O2S/c1-2-8-24-14-5-3-4-13(11-14)16-20-22-15(18-19-17(22)25-16)12-21-6-9-23-10-7-21/h2-5,11H,1,6-10,12H2. The molecule has 7 nitrogen and oxygen atoms in total. The molecule has 1 fully saturated rings. The third-order valence-electron chi connectivity index (χ3n) is 3.97. The maximum Gasteiger partial charge on any atom is 0.235 e. The van der Waals surface area contributed by atoms with Gasteiger partial charge < -0.3 is 9.47 Å². The van der Waals surface area contributed by atoms with Gasteiger partial charge in [-0.2, -0.15) is 9.61 Å². The van der Waals surface area contributed by atoms with Crippen molar-refractivity contribution in [3.05, 3.63) is 42.7 Å². The Morgan fingerprint density at radius 2 is 2.16 bits per heavy atom. The normalized spacial score (nSPS) is 15.5. The Balaban J connectivity index is 1.58. The van der Waals surface area contributed by atoms with Crippen molar-refractivity contribution < 1.29 is 9.47 Å². The van der Waals surface area contributed by atoms with Gasteiger partial charge in [0.2, 0.25) is 4.96 Å². The molecular weight excluding hydrogens is 338 g/mol. The van der Waals surface area contributed by atoms with Gasteiger partial charge in [0.25, 0.3) is 0 Å². The fourth-order valence-corrected chi connectivity index (χ4v) is 3.56. The molecule has 8 heteroatoms. The van der Waals surface area contributed by atoms with E-state index in [9.17, 15) is 0 Å². The van der Waals surface area contributed by atoms with Gasteiger partial charge >= 0.3 is 0 Å². The minimum absolute atomic E-state index is 0.484. The molecule has 2 aromatic heterocycles. The summed E-state index contributed by atoms with van der Waals surface area (Å²) in [5.41, 5.74) is 1.01. The minimum Gasteiger partial charge on any atom is -0.490 e. The zero-order valence-corrected chi connectivity index (χ0v) is 14.6. The first-order chi connectivity index (χ1) is 12.3. The second-order valence-electron chi connectivity index (χ2n) is 5.73. The highest BCUT2D eigenvalue weighted by Crippen LogP contribution is 2.28. The Morgan fingerprint density at radius 1 is 1.28 bits per heavy atom. The Kier molecular flexibility index (Phi) is 4.73. The van der Waals surface area contributed by atoms with E-state index in [0.29, 0.717) is 6.61 Å². The highest BCUT2D eigenvalue weighted by Gasteiger charge is 2.17. The molecule has 25 heavy (non-hydrogen) atoms. The molecule has 0 atom stereocenters. The van der Waals surface area contributed by atoms with Crippen molar-refractivity contribution in [2.24, 2.45) is 0 Å². The van der Waals surface area contributed by atoms with Crippen LogP contribution in [-0.4, -0.2) is 57.6 Å². The summed E-state index contributed by atoms with van der Waals surface area (Å²) in [5.74, 6) is 1.66. The van der Waals surface area contributed by atoms with Gasteiger partial charge in [0.05, 0.1) is 19.8 Å². The van der Waals surface area contributed by atoms with Crippen LogP contribution in [0.3, 0.4) is 0 Å². The second kappa shape index (κ2) is 7.30.